The van der Waals surface area contributed by atoms with E-state index in [0.29, 0.717) is 29.6 Å². The van der Waals surface area contributed by atoms with E-state index in [1.165, 1.54) is 38.0 Å². The number of benzene rings is 3. The van der Waals surface area contributed by atoms with Gasteiger partial charge in [-0.1, -0.05) is 187 Å². The molecule has 4 heterocycles. The second kappa shape index (κ2) is 38.6. The first-order valence-corrected chi connectivity index (χ1v) is 23.7. The molecule has 0 radical (unpaired) electrons. The highest BCUT2D eigenvalue weighted by Crippen LogP contribution is 2.23. The number of hydrogen-bond acceptors (Lipinski definition) is 4. The first-order chi connectivity index (χ1) is 29.0. The number of imidazole rings is 1. The zero-order valence-corrected chi connectivity index (χ0v) is 42.5. The van der Waals surface area contributed by atoms with E-state index in [9.17, 15) is 0 Å². The minimum absolute atomic E-state index is 0.547. The van der Waals surface area contributed by atoms with E-state index in [1.807, 2.05) is 118 Å². The molecule has 0 fully saturated rings. The molecular weight excluding hydrogens is 751 g/mol. The van der Waals surface area contributed by atoms with Crippen molar-refractivity contribution in [2.45, 2.75) is 168 Å². The number of aromatic amines is 2. The summed E-state index contributed by atoms with van der Waals surface area (Å²) < 4.78 is 1.29. The van der Waals surface area contributed by atoms with Crippen LogP contribution in [-0.4, -0.2) is 24.9 Å². The second-order valence-corrected chi connectivity index (χ2v) is 14.7. The molecule has 7 rings (SSSR count). The molecule has 4 aromatic heterocycles. The van der Waals surface area contributed by atoms with Gasteiger partial charge in [-0.15, -0.1) is 11.3 Å². The molecule has 0 bridgehead atoms. The molecule has 2 N–H and O–H groups in total. The van der Waals surface area contributed by atoms with Crippen molar-refractivity contribution in [2.75, 3.05) is 0 Å². The third-order valence-electron chi connectivity index (χ3n) is 8.15. The number of hydrogen-bond donors (Lipinski definition) is 2. The molecule has 60 heavy (non-hydrogen) atoms. The fraction of sp³-hybridized carbons (Fsp3) is 0.463. The lowest BCUT2D eigenvalue weighted by Crippen LogP contribution is -1.88. The van der Waals surface area contributed by atoms with Crippen LogP contribution < -0.4 is 0 Å². The molecule has 7 aromatic rings. The average molecular weight is 838 g/mol. The highest BCUT2D eigenvalue weighted by atomic mass is 32.1. The Bertz CT molecular complexity index is 1760. The Labute approximate surface area is 373 Å². The summed E-state index contributed by atoms with van der Waals surface area (Å²) >= 11 is 1.71. The normalized spacial score (nSPS) is 9.42. The number of nitrogens with zero attached hydrogens (tertiary/aromatic N) is 3. The van der Waals surface area contributed by atoms with Crippen molar-refractivity contribution in [3.63, 3.8) is 0 Å². The summed E-state index contributed by atoms with van der Waals surface area (Å²) in [6.07, 6.45) is 7.37. The lowest BCUT2D eigenvalue weighted by molar-refractivity contribution is 0.823. The van der Waals surface area contributed by atoms with Crippen molar-refractivity contribution in [1.82, 2.24) is 24.9 Å². The first kappa shape index (κ1) is 59.8. The highest BCUT2D eigenvalue weighted by molar-refractivity contribution is 7.16. The van der Waals surface area contributed by atoms with Crippen molar-refractivity contribution < 1.29 is 0 Å². The number of H-pyrrole nitrogens is 2. The van der Waals surface area contributed by atoms with Gasteiger partial charge in [0, 0.05) is 35.5 Å². The van der Waals surface area contributed by atoms with Crippen molar-refractivity contribution in [3.05, 3.63) is 150 Å². The third-order valence-corrected chi connectivity index (χ3v) is 8.94. The highest BCUT2D eigenvalue weighted by Gasteiger charge is 2.02. The van der Waals surface area contributed by atoms with E-state index in [4.69, 9.17) is 0 Å². The van der Waals surface area contributed by atoms with Gasteiger partial charge in [0.2, 0.25) is 0 Å². The molecule has 0 unspecified atom stereocenters. The molecule has 0 saturated heterocycles. The Morgan fingerprint density at radius 3 is 1.47 bits per heavy atom. The van der Waals surface area contributed by atoms with E-state index in [-0.39, 0.29) is 0 Å². The lowest BCUT2D eigenvalue weighted by Gasteiger charge is -2.03. The molecular formula is C54H87N5S. The van der Waals surface area contributed by atoms with Crippen LogP contribution in [0.4, 0.5) is 0 Å². The predicted octanol–water partition coefficient (Wildman–Crippen LogP) is 18.4. The minimum Gasteiger partial charge on any atom is -0.361 e. The van der Waals surface area contributed by atoms with Gasteiger partial charge >= 0.3 is 0 Å². The van der Waals surface area contributed by atoms with Crippen LogP contribution in [0.5, 0.6) is 0 Å². The summed E-state index contributed by atoms with van der Waals surface area (Å²) in [6, 6.07) is 31.7. The Kier molecular flexibility index (Phi) is 38.5. The Morgan fingerprint density at radius 1 is 0.483 bits per heavy atom. The number of pyridine rings is 1. The number of aromatic nitrogens is 5. The van der Waals surface area contributed by atoms with Crippen LogP contribution in [0.25, 0.3) is 21.1 Å². The van der Waals surface area contributed by atoms with Crippen molar-refractivity contribution in [2.24, 2.45) is 0 Å². The summed E-state index contributed by atoms with van der Waals surface area (Å²) in [7, 11) is 0. The molecule has 334 valence electrons. The molecule has 0 saturated carbocycles. The Hall–Kier alpha value is -4.55. The van der Waals surface area contributed by atoms with Gasteiger partial charge in [0.1, 0.15) is 0 Å². The Balaban J connectivity index is -0.000000647. The minimum atomic E-state index is 0.547. The largest absolute Gasteiger partial charge is 0.361 e. The van der Waals surface area contributed by atoms with Gasteiger partial charge in [-0.2, -0.15) is 0 Å². The van der Waals surface area contributed by atoms with Gasteiger partial charge in [-0.05, 0) is 94.1 Å². The molecule has 0 aliphatic rings. The number of fused-ring (bicyclic) bond motifs is 2. The van der Waals surface area contributed by atoms with Crippen molar-refractivity contribution in [1.29, 1.82) is 0 Å². The summed E-state index contributed by atoms with van der Waals surface area (Å²) in [5.41, 5.74) is 10.8. The van der Waals surface area contributed by atoms with E-state index in [0.717, 1.165) is 11.2 Å². The van der Waals surface area contributed by atoms with Gasteiger partial charge in [0.25, 0.3) is 0 Å². The van der Waals surface area contributed by atoms with Crippen LogP contribution in [0.2, 0.25) is 0 Å². The monoisotopic (exact) mass is 838 g/mol. The molecule has 3 aromatic carbocycles. The molecule has 0 amide bonds. The fourth-order valence-corrected chi connectivity index (χ4v) is 5.52. The van der Waals surface area contributed by atoms with Crippen molar-refractivity contribution in [3.8, 4) is 0 Å². The van der Waals surface area contributed by atoms with Gasteiger partial charge in [0.15, 0.2) is 0 Å². The number of thiazole rings is 1. The first-order valence-electron chi connectivity index (χ1n) is 22.8. The summed E-state index contributed by atoms with van der Waals surface area (Å²) in [6.45, 7) is 41.8. The number of rotatable bonds is 5. The summed E-state index contributed by atoms with van der Waals surface area (Å²) in [4.78, 5) is 18.5. The topological polar surface area (TPSA) is 70.2 Å². The van der Waals surface area contributed by atoms with Crippen LogP contribution >= 0.6 is 11.3 Å². The maximum Gasteiger partial charge on any atom is 0.0921 e. The molecule has 0 spiro atoms. The van der Waals surface area contributed by atoms with E-state index >= 15 is 0 Å². The predicted molar refractivity (Wildman–Crippen MR) is 274 cm³/mol. The molecule has 5 nitrogen and oxygen atoms in total. The van der Waals surface area contributed by atoms with E-state index in [2.05, 4.69) is 161 Å². The zero-order valence-electron chi connectivity index (χ0n) is 41.7. The SMILES string of the molecule is CC.CC.CC.CC.CC.CC(C)c1ccc2[nH]ccc2c1.CC(C)c1ccc2ncsc2c1.CC(C)c1ccccc1.CC(C)c1ccccn1.CC(C)c1cnc[nH]1. The van der Waals surface area contributed by atoms with Crippen molar-refractivity contribution >= 4 is 32.5 Å². The fourth-order valence-electron chi connectivity index (χ4n) is 4.80. The van der Waals surface area contributed by atoms with E-state index < -0.39 is 0 Å². The van der Waals surface area contributed by atoms with Gasteiger partial charge in [0.05, 0.1) is 22.1 Å². The van der Waals surface area contributed by atoms with Crippen LogP contribution in [-0.2, 0) is 0 Å². The third kappa shape index (κ3) is 25.2. The summed E-state index contributed by atoms with van der Waals surface area (Å²) in [5.74, 6) is 3.00. The van der Waals surface area contributed by atoms with E-state index in [1.54, 1.807) is 17.7 Å². The number of nitrogens with one attached hydrogen (secondary N) is 2. The van der Waals surface area contributed by atoms with Gasteiger partial charge in [-0.3, -0.25) is 4.98 Å². The molecule has 0 aliphatic heterocycles. The maximum absolute atomic E-state index is 4.24. The average Bonchev–Trinajstić information content (AvgIpc) is 4.12. The Morgan fingerprint density at radius 2 is 1.03 bits per heavy atom. The van der Waals surface area contributed by atoms with Gasteiger partial charge in [-0.25, -0.2) is 9.97 Å². The molecule has 0 atom stereocenters. The maximum atomic E-state index is 4.24. The quantitative estimate of drug-likeness (QED) is 0.181. The smallest absolute Gasteiger partial charge is 0.0921 e. The van der Waals surface area contributed by atoms with Crippen LogP contribution in [0.1, 0.15) is 196 Å². The van der Waals surface area contributed by atoms with Crippen LogP contribution in [0.3, 0.4) is 0 Å². The second-order valence-electron chi connectivity index (χ2n) is 13.8. The van der Waals surface area contributed by atoms with Crippen LogP contribution in [0.15, 0.2) is 121 Å². The van der Waals surface area contributed by atoms with Gasteiger partial charge < -0.3 is 9.97 Å². The standard InChI is InChI=1S/C11H13N.C10H11NS.C9H12.C8H11N.C6H10N2.5C2H6/c1-8(2)9-3-4-11-10(7-9)5-6-12-11;1-7(2)8-3-4-9-10(5-8)12-6-11-9;1-8(2)9-6-4-3-5-7-9;1-7(2)8-5-3-4-6-9-8;1-5(2)6-3-7-4-8-6;5*1-2/h3-8,12H,1-2H3;3-7H,1-2H3;3-8H,1-2H3;3-7H,1-2H3;3-5H,1-2H3,(H,7,8);5*1-2H3. The molecule has 6 heteroatoms. The summed E-state index contributed by atoms with van der Waals surface area (Å²) in [5, 5.41) is 1.31. The van der Waals surface area contributed by atoms with Crippen LogP contribution in [0, 0.1) is 0 Å². The zero-order chi connectivity index (χ0) is 46.5. The molecule has 0 aliphatic carbocycles. The lowest BCUT2D eigenvalue weighted by atomic mass is 10.0.